The number of ketones is 1. The van der Waals surface area contributed by atoms with Crippen molar-refractivity contribution in [3.05, 3.63) is 11.6 Å². The molecular weight excluding hydrogens is 555 g/mol. The summed E-state index contributed by atoms with van der Waals surface area (Å²) in [6.07, 6.45) is 8.66. The summed E-state index contributed by atoms with van der Waals surface area (Å²) >= 11 is 0. The van der Waals surface area contributed by atoms with E-state index in [0.29, 0.717) is 18.2 Å². The highest BCUT2D eigenvalue weighted by Gasteiger charge is 2.23. The molecule has 0 aromatic rings. The van der Waals surface area contributed by atoms with Gasteiger partial charge in [-0.15, -0.1) is 24.0 Å². The molecule has 0 bridgehead atoms. The Balaban J connectivity index is 0. The second-order valence-electron chi connectivity index (χ2n) is 9.98. The summed E-state index contributed by atoms with van der Waals surface area (Å²) in [6.45, 7) is 14.0. The molecule has 0 radical (unpaired) electrons. The van der Waals surface area contributed by atoms with E-state index in [-0.39, 0.29) is 31.4 Å². The van der Waals surface area contributed by atoms with Crippen LogP contribution in [-0.4, -0.2) is 118 Å². The fraction of sp³-hybridized carbons (Fsp3) is 0.846. The van der Waals surface area contributed by atoms with Gasteiger partial charge in [0.15, 0.2) is 5.78 Å². The van der Waals surface area contributed by atoms with Gasteiger partial charge < -0.3 is 25.8 Å². The Hall–Kier alpha value is -0.750. The predicted octanol–water partition coefficient (Wildman–Crippen LogP) is 3.12. The topological polar surface area (TPSA) is 85.2 Å². The van der Waals surface area contributed by atoms with E-state index in [9.17, 15) is 9.59 Å². The maximum absolute atomic E-state index is 12.0. The predicted molar refractivity (Wildman–Crippen MR) is 160 cm³/mol. The molecule has 1 aliphatic carbocycles. The van der Waals surface area contributed by atoms with Gasteiger partial charge in [0.25, 0.3) is 0 Å². The Morgan fingerprint density at radius 3 is 2.43 bits per heavy atom. The molecule has 2 aliphatic rings. The molecule has 0 aromatic carbocycles. The SMILES string of the molecule is CCCNCCC[C@H]1CC/C(=C\CN(C)C)C(=O)C1.CCN(CCN1CCN(C)CC1)C(N)=O.I.[HH]. The van der Waals surface area contributed by atoms with Crippen LogP contribution in [0.3, 0.4) is 0 Å². The van der Waals surface area contributed by atoms with Crippen molar-refractivity contribution < 1.29 is 11.0 Å². The Morgan fingerprint density at radius 1 is 1.20 bits per heavy atom. The number of urea groups is 1. The Labute approximate surface area is 233 Å². The number of amides is 2. The molecule has 35 heavy (non-hydrogen) atoms. The average molecular weight is 611 g/mol. The number of nitrogens with two attached hydrogens (primary N) is 1. The highest BCUT2D eigenvalue weighted by atomic mass is 127. The van der Waals surface area contributed by atoms with Crippen LogP contribution in [0.5, 0.6) is 0 Å². The zero-order valence-electron chi connectivity index (χ0n) is 23.1. The van der Waals surface area contributed by atoms with E-state index < -0.39 is 0 Å². The van der Waals surface area contributed by atoms with Crippen molar-refractivity contribution in [2.45, 2.75) is 52.4 Å². The number of halogens is 1. The third-order valence-corrected chi connectivity index (χ3v) is 6.73. The van der Waals surface area contributed by atoms with E-state index in [1.54, 1.807) is 4.90 Å². The molecule has 2 fully saturated rings. The first-order valence-corrected chi connectivity index (χ1v) is 13.3. The number of rotatable bonds is 12. The minimum absolute atomic E-state index is 0. The van der Waals surface area contributed by atoms with Gasteiger partial charge in [-0.3, -0.25) is 9.69 Å². The summed E-state index contributed by atoms with van der Waals surface area (Å²) < 4.78 is 0. The smallest absolute Gasteiger partial charge is 0.314 e. The second-order valence-corrected chi connectivity index (χ2v) is 9.98. The van der Waals surface area contributed by atoms with Crippen LogP contribution in [0.1, 0.15) is 53.8 Å². The van der Waals surface area contributed by atoms with Gasteiger partial charge >= 0.3 is 6.03 Å². The molecule has 0 unspecified atom stereocenters. The van der Waals surface area contributed by atoms with Gasteiger partial charge in [-0.2, -0.15) is 0 Å². The number of primary amides is 1. The quantitative estimate of drug-likeness (QED) is 0.201. The van der Waals surface area contributed by atoms with E-state index in [1.165, 1.54) is 25.7 Å². The van der Waals surface area contributed by atoms with E-state index in [2.05, 4.69) is 40.1 Å². The summed E-state index contributed by atoms with van der Waals surface area (Å²) in [6, 6.07) is -0.313. The first-order valence-electron chi connectivity index (χ1n) is 13.3. The van der Waals surface area contributed by atoms with Crippen molar-refractivity contribution in [3.63, 3.8) is 0 Å². The number of likely N-dealkylation sites (N-methyl/N-ethyl adjacent to an activating group) is 3. The van der Waals surface area contributed by atoms with Crippen molar-refractivity contribution in [1.29, 1.82) is 0 Å². The monoisotopic (exact) mass is 610 g/mol. The molecule has 1 heterocycles. The molecule has 1 saturated heterocycles. The van der Waals surface area contributed by atoms with Crippen LogP contribution >= 0.6 is 24.0 Å². The number of nitrogens with zero attached hydrogens (tertiary/aromatic N) is 4. The summed E-state index contributed by atoms with van der Waals surface area (Å²) in [7, 11) is 6.21. The highest BCUT2D eigenvalue weighted by molar-refractivity contribution is 14.0. The number of hydrogen-bond acceptors (Lipinski definition) is 6. The van der Waals surface area contributed by atoms with Gasteiger partial charge in [0.1, 0.15) is 0 Å². The van der Waals surface area contributed by atoms with Crippen LogP contribution in [0.25, 0.3) is 0 Å². The molecule has 8 nitrogen and oxygen atoms in total. The van der Waals surface area contributed by atoms with Crippen molar-refractivity contribution >= 4 is 35.8 Å². The minimum Gasteiger partial charge on any atom is -0.351 e. The number of Topliss-reactive ketones (excluding diaryl/α,β-unsaturated/α-hetero) is 1. The minimum atomic E-state index is -0.313. The third-order valence-electron chi connectivity index (χ3n) is 6.73. The number of carbonyl (C=O) groups is 2. The van der Waals surface area contributed by atoms with E-state index in [1.807, 2.05) is 21.0 Å². The molecule has 1 saturated carbocycles. The third kappa shape index (κ3) is 15.9. The van der Waals surface area contributed by atoms with Gasteiger partial charge in [0.05, 0.1) is 0 Å². The molecule has 0 aromatic heterocycles. The van der Waals surface area contributed by atoms with Crippen molar-refractivity contribution in [3.8, 4) is 0 Å². The lowest BCUT2D eigenvalue weighted by Gasteiger charge is -2.33. The van der Waals surface area contributed by atoms with Gasteiger partial charge in [0, 0.05) is 60.2 Å². The Morgan fingerprint density at radius 2 is 1.89 bits per heavy atom. The number of allylic oxidation sites excluding steroid dienone is 1. The first-order chi connectivity index (χ1) is 16.3. The lowest BCUT2D eigenvalue weighted by Crippen LogP contribution is -2.48. The lowest BCUT2D eigenvalue weighted by atomic mass is 9.82. The van der Waals surface area contributed by atoms with Gasteiger partial charge in [-0.1, -0.05) is 13.0 Å². The maximum atomic E-state index is 12.0. The van der Waals surface area contributed by atoms with E-state index >= 15 is 0 Å². The highest BCUT2D eigenvalue weighted by Crippen LogP contribution is 2.28. The van der Waals surface area contributed by atoms with Gasteiger partial charge in [0.2, 0.25) is 0 Å². The molecule has 0 spiro atoms. The Bertz CT molecular complexity index is 615. The van der Waals surface area contributed by atoms with Crippen LogP contribution in [0.2, 0.25) is 0 Å². The fourth-order valence-electron chi connectivity index (χ4n) is 4.32. The standard InChI is InChI=1S/C16H30N2O.C10H22N4O.HI.H2/c1-4-10-17-11-5-6-14-7-8-15(16(19)13-14)9-12-18(2)3;1-3-14(10(11)15)9-8-13-6-4-12(2)5-7-13;;/h9,14,17H,4-8,10-13H2,1-3H3;3-9H2,1-2H3,(H2,11,15);2*1H/b15-9+;;;/t14-;;;/m0.../s1. The number of piperazine rings is 1. The Kier molecular flexibility index (Phi) is 19.9. The molecule has 2 rings (SSSR count). The maximum Gasteiger partial charge on any atom is 0.314 e. The summed E-state index contributed by atoms with van der Waals surface area (Å²) in [5.41, 5.74) is 6.31. The number of hydrogen-bond donors (Lipinski definition) is 2. The van der Waals surface area contributed by atoms with Crippen LogP contribution in [0, 0.1) is 5.92 Å². The zero-order valence-corrected chi connectivity index (χ0v) is 25.4. The molecule has 208 valence electrons. The van der Waals surface area contributed by atoms with Crippen molar-refractivity contribution in [1.82, 2.24) is 24.9 Å². The largest absolute Gasteiger partial charge is 0.351 e. The normalized spacial score (nSPS) is 20.3. The van der Waals surface area contributed by atoms with Crippen LogP contribution in [0.15, 0.2) is 11.6 Å². The van der Waals surface area contributed by atoms with Gasteiger partial charge in [-0.05, 0) is 84.8 Å². The van der Waals surface area contributed by atoms with Crippen molar-refractivity contribution in [2.24, 2.45) is 11.7 Å². The van der Waals surface area contributed by atoms with E-state index in [4.69, 9.17) is 5.73 Å². The summed E-state index contributed by atoms with van der Waals surface area (Å²) in [5.74, 6) is 1.01. The number of carbonyl (C=O) groups excluding carboxylic acids is 2. The summed E-state index contributed by atoms with van der Waals surface area (Å²) in [4.78, 5) is 31.5. The molecule has 1 atom stereocenters. The zero-order chi connectivity index (χ0) is 25.3. The van der Waals surface area contributed by atoms with Crippen LogP contribution < -0.4 is 11.1 Å². The van der Waals surface area contributed by atoms with Crippen LogP contribution in [0.4, 0.5) is 4.79 Å². The van der Waals surface area contributed by atoms with Crippen molar-refractivity contribution in [2.75, 3.05) is 86.6 Å². The first kappa shape index (κ1) is 34.2. The molecule has 1 aliphatic heterocycles. The molecule has 3 N–H and O–H groups in total. The number of nitrogens with one attached hydrogen (secondary N) is 1. The molecule has 2 amide bonds. The molecule has 9 heteroatoms. The summed E-state index contributed by atoms with van der Waals surface area (Å²) in [5, 5.41) is 3.43. The average Bonchev–Trinajstić information content (AvgIpc) is 2.80. The molecular formula is C26H55IN6O2. The van der Waals surface area contributed by atoms with Gasteiger partial charge in [-0.25, -0.2) is 4.79 Å². The fourth-order valence-corrected chi connectivity index (χ4v) is 4.32. The lowest BCUT2D eigenvalue weighted by molar-refractivity contribution is -0.117. The van der Waals surface area contributed by atoms with Crippen LogP contribution in [-0.2, 0) is 4.79 Å². The second kappa shape index (κ2) is 20.3. The van der Waals surface area contributed by atoms with E-state index in [0.717, 1.165) is 77.3 Å².